The van der Waals surface area contributed by atoms with Crippen molar-refractivity contribution >= 4 is 33.4 Å². The number of amides is 2. The highest BCUT2D eigenvalue weighted by Crippen LogP contribution is 2.32. The molecule has 154 valence electrons. The average Bonchev–Trinajstić information content (AvgIpc) is 3.41. The fraction of sp³-hybridized carbons (Fsp3) is 0.524. The van der Waals surface area contributed by atoms with Crippen molar-refractivity contribution in [2.45, 2.75) is 38.5 Å². The van der Waals surface area contributed by atoms with Crippen LogP contribution < -0.4 is 15.1 Å². The van der Waals surface area contributed by atoms with Gasteiger partial charge >= 0.3 is 0 Å². The van der Waals surface area contributed by atoms with Gasteiger partial charge in [-0.1, -0.05) is 48.6 Å². The molecule has 4 rings (SSSR count). The van der Waals surface area contributed by atoms with E-state index in [0.717, 1.165) is 37.5 Å². The summed E-state index contributed by atoms with van der Waals surface area (Å²) in [5.41, 5.74) is 1.23. The molecule has 2 amide bonds. The van der Waals surface area contributed by atoms with Gasteiger partial charge in [0.1, 0.15) is 0 Å². The van der Waals surface area contributed by atoms with Gasteiger partial charge in [-0.05, 0) is 30.7 Å². The molecule has 0 aliphatic carbocycles. The third kappa shape index (κ3) is 4.58. The summed E-state index contributed by atoms with van der Waals surface area (Å²) >= 11 is 1.45. The molecule has 2 aromatic rings. The van der Waals surface area contributed by atoms with E-state index in [1.54, 1.807) is 4.90 Å². The topological polar surface area (TPSA) is 78.4 Å². The standard InChI is InChI=1S/C21H27N5O2S/c1-15(16-7-3-2-4-8-16)13-22-19(28)17-9-5-11-25(14-17)20-23-24-21(29-20)26-12-6-10-18(26)27/h2-4,7-8,15,17H,5-6,9-14H2,1H3,(H,22,28). The normalized spacial score (nSPS) is 20.7. The van der Waals surface area contributed by atoms with Gasteiger partial charge in [-0.15, -0.1) is 10.2 Å². The molecule has 2 fully saturated rings. The smallest absolute Gasteiger partial charge is 0.228 e. The molecule has 0 saturated carbocycles. The Morgan fingerprint density at radius 1 is 1.21 bits per heavy atom. The lowest BCUT2D eigenvalue weighted by Gasteiger charge is -2.31. The van der Waals surface area contributed by atoms with Crippen LogP contribution >= 0.6 is 11.3 Å². The molecule has 0 radical (unpaired) electrons. The second kappa shape index (κ2) is 8.90. The monoisotopic (exact) mass is 413 g/mol. The highest BCUT2D eigenvalue weighted by Gasteiger charge is 2.30. The van der Waals surface area contributed by atoms with Gasteiger partial charge in [0.05, 0.1) is 5.92 Å². The molecule has 0 spiro atoms. The summed E-state index contributed by atoms with van der Waals surface area (Å²) in [5.74, 6) is 0.462. The van der Waals surface area contributed by atoms with Crippen LogP contribution in [-0.2, 0) is 9.59 Å². The van der Waals surface area contributed by atoms with Crippen LogP contribution in [0, 0.1) is 5.92 Å². The van der Waals surface area contributed by atoms with E-state index in [1.807, 2.05) is 18.2 Å². The van der Waals surface area contributed by atoms with Gasteiger partial charge in [-0.3, -0.25) is 14.5 Å². The van der Waals surface area contributed by atoms with Crippen LogP contribution in [0.15, 0.2) is 30.3 Å². The molecule has 2 aliphatic rings. The van der Waals surface area contributed by atoms with E-state index >= 15 is 0 Å². The molecule has 1 N–H and O–H groups in total. The Balaban J connectivity index is 1.33. The van der Waals surface area contributed by atoms with Crippen LogP contribution in [0.4, 0.5) is 10.3 Å². The molecule has 1 aromatic heterocycles. The Hall–Kier alpha value is -2.48. The summed E-state index contributed by atoms with van der Waals surface area (Å²) in [7, 11) is 0. The minimum Gasteiger partial charge on any atom is -0.355 e. The van der Waals surface area contributed by atoms with E-state index in [4.69, 9.17) is 0 Å². The van der Waals surface area contributed by atoms with Gasteiger partial charge in [0.25, 0.3) is 0 Å². The van der Waals surface area contributed by atoms with E-state index in [-0.39, 0.29) is 23.7 Å². The number of nitrogens with one attached hydrogen (secondary N) is 1. The second-order valence-corrected chi connectivity index (χ2v) is 8.79. The quantitative estimate of drug-likeness (QED) is 0.788. The van der Waals surface area contributed by atoms with Crippen molar-refractivity contribution in [3.05, 3.63) is 35.9 Å². The molecular formula is C21H27N5O2S. The first-order valence-electron chi connectivity index (χ1n) is 10.3. The van der Waals surface area contributed by atoms with E-state index in [2.05, 4.69) is 39.5 Å². The molecule has 2 unspecified atom stereocenters. The third-order valence-electron chi connectivity index (χ3n) is 5.72. The minimum absolute atomic E-state index is 0.0486. The SMILES string of the molecule is CC(CNC(=O)C1CCCN(c2nnc(N3CCCC3=O)s2)C1)c1ccccc1. The summed E-state index contributed by atoms with van der Waals surface area (Å²) < 4.78 is 0. The van der Waals surface area contributed by atoms with Gasteiger partial charge in [0.2, 0.25) is 22.1 Å². The van der Waals surface area contributed by atoms with Crippen molar-refractivity contribution in [2.75, 3.05) is 36.0 Å². The molecule has 7 nitrogen and oxygen atoms in total. The lowest BCUT2D eigenvalue weighted by molar-refractivity contribution is -0.125. The van der Waals surface area contributed by atoms with Crippen LogP contribution in [0.3, 0.4) is 0 Å². The van der Waals surface area contributed by atoms with Gasteiger partial charge in [-0.2, -0.15) is 0 Å². The second-order valence-electron chi connectivity index (χ2n) is 7.86. The molecule has 2 atom stereocenters. The van der Waals surface area contributed by atoms with E-state index in [0.29, 0.717) is 24.6 Å². The maximum Gasteiger partial charge on any atom is 0.228 e. The van der Waals surface area contributed by atoms with Gasteiger partial charge in [-0.25, -0.2) is 0 Å². The maximum absolute atomic E-state index is 12.7. The summed E-state index contributed by atoms with van der Waals surface area (Å²) in [4.78, 5) is 28.5. The Morgan fingerprint density at radius 3 is 2.76 bits per heavy atom. The molecule has 8 heteroatoms. The predicted molar refractivity (Wildman–Crippen MR) is 114 cm³/mol. The zero-order valence-electron chi connectivity index (χ0n) is 16.7. The van der Waals surface area contributed by atoms with Crippen molar-refractivity contribution in [1.82, 2.24) is 15.5 Å². The van der Waals surface area contributed by atoms with Crippen molar-refractivity contribution in [3.8, 4) is 0 Å². The van der Waals surface area contributed by atoms with Crippen LogP contribution in [0.2, 0.25) is 0 Å². The summed E-state index contributed by atoms with van der Waals surface area (Å²) in [6.07, 6.45) is 3.30. The van der Waals surface area contributed by atoms with E-state index in [1.165, 1.54) is 16.9 Å². The lowest BCUT2D eigenvalue weighted by Crippen LogP contribution is -2.43. The summed E-state index contributed by atoms with van der Waals surface area (Å²) in [6.45, 7) is 5.00. The van der Waals surface area contributed by atoms with Crippen LogP contribution in [0.25, 0.3) is 0 Å². The first-order valence-corrected chi connectivity index (χ1v) is 11.1. The molecule has 2 saturated heterocycles. The molecule has 3 heterocycles. The Bertz CT molecular complexity index is 856. The summed E-state index contributed by atoms with van der Waals surface area (Å²) in [5, 5.41) is 13.1. The Labute approximate surface area is 175 Å². The number of carbonyl (C=O) groups is 2. The number of rotatable bonds is 6. The number of anilines is 2. The van der Waals surface area contributed by atoms with Crippen molar-refractivity contribution < 1.29 is 9.59 Å². The minimum atomic E-state index is -0.0486. The Kier molecular flexibility index (Phi) is 6.08. The highest BCUT2D eigenvalue weighted by atomic mass is 32.1. The van der Waals surface area contributed by atoms with Crippen LogP contribution in [0.1, 0.15) is 44.1 Å². The number of carbonyl (C=O) groups excluding carboxylic acids is 2. The van der Waals surface area contributed by atoms with Crippen molar-refractivity contribution in [3.63, 3.8) is 0 Å². The predicted octanol–water partition coefficient (Wildman–Crippen LogP) is 2.80. The number of hydrogen-bond acceptors (Lipinski definition) is 6. The van der Waals surface area contributed by atoms with Crippen molar-refractivity contribution in [2.24, 2.45) is 5.92 Å². The number of piperidine rings is 1. The summed E-state index contributed by atoms with van der Waals surface area (Å²) in [6, 6.07) is 10.2. The first-order chi connectivity index (χ1) is 14.1. The number of nitrogens with zero attached hydrogens (tertiary/aromatic N) is 4. The molecule has 29 heavy (non-hydrogen) atoms. The fourth-order valence-electron chi connectivity index (χ4n) is 3.96. The number of aromatic nitrogens is 2. The molecule has 0 bridgehead atoms. The zero-order valence-corrected chi connectivity index (χ0v) is 17.5. The van der Waals surface area contributed by atoms with Gasteiger partial charge in [0.15, 0.2) is 0 Å². The zero-order chi connectivity index (χ0) is 20.2. The van der Waals surface area contributed by atoms with E-state index in [9.17, 15) is 9.59 Å². The van der Waals surface area contributed by atoms with Gasteiger partial charge in [0, 0.05) is 32.6 Å². The van der Waals surface area contributed by atoms with Crippen molar-refractivity contribution in [1.29, 1.82) is 0 Å². The molecule has 2 aliphatic heterocycles. The first kappa shape index (κ1) is 19.8. The molecular weight excluding hydrogens is 386 g/mol. The largest absolute Gasteiger partial charge is 0.355 e. The Morgan fingerprint density at radius 2 is 2.00 bits per heavy atom. The number of hydrogen-bond donors (Lipinski definition) is 1. The van der Waals surface area contributed by atoms with E-state index < -0.39 is 0 Å². The van der Waals surface area contributed by atoms with Crippen LogP contribution in [-0.4, -0.2) is 48.2 Å². The lowest BCUT2D eigenvalue weighted by atomic mass is 9.96. The number of benzene rings is 1. The molecule has 1 aromatic carbocycles. The average molecular weight is 414 g/mol. The van der Waals surface area contributed by atoms with Crippen LogP contribution in [0.5, 0.6) is 0 Å². The fourth-order valence-corrected chi connectivity index (χ4v) is 4.88. The third-order valence-corrected chi connectivity index (χ3v) is 6.73. The highest BCUT2D eigenvalue weighted by molar-refractivity contribution is 7.19. The van der Waals surface area contributed by atoms with Gasteiger partial charge < -0.3 is 10.2 Å². The maximum atomic E-state index is 12.7.